The van der Waals surface area contributed by atoms with Crippen LogP contribution in [0.5, 0.6) is 5.75 Å². The summed E-state index contributed by atoms with van der Waals surface area (Å²) in [6.07, 6.45) is 4.99. The van der Waals surface area contributed by atoms with Crippen molar-refractivity contribution in [1.29, 1.82) is 0 Å². The van der Waals surface area contributed by atoms with Crippen LogP contribution in [0.3, 0.4) is 0 Å². The maximum Gasteiger partial charge on any atom is 0.193 e. The molecule has 0 N–H and O–H groups in total. The molecule has 3 rings (SSSR count). The number of rotatable bonds is 7. The Kier molecular flexibility index (Phi) is 6.33. The fraction of sp³-hybridized carbons (Fsp3) is 0.160. The number of ketones is 1. The number of ether oxygens (including phenoxy) is 1. The van der Waals surface area contributed by atoms with Crippen LogP contribution in [0.1, 0.15) is 41.8 Å². The van der Waals surface area contributed by atoms with Crippen molar-refractivity contribution in [3.63, 3.8) is 0 Å². The summed E-state index contributed by atoms with van der Waals surface area (Å²) >= 11 is 5.88. The first-order valence-corrected chi connectivity index (χ1v) is 9.62. The summed E-state index contributed by atoms with van der Waals surface area (Å²) in [5.41, 5.74) is 2.05. The third-order valence-corrected chi connectivity index (χ3v) is 4.59. The molecule has 0 amide bonds. The molecule has 3 aromatic carbocycles. The summed E-state index contributed by atoms with van der Waals surface area (Å²) in [6.45, 7) is 4.10. The molecule has 0 aliphatic heterocycles. The lowest BCUT2D eigenvalue weighted by molar-refractivity contribution is 0.103. The van der Waals surface area contributed by atoms with Crippen LogP contribution in [0.2, 0.25) is 5.02 Å². The van der Waals surface area contributed by atoms with Gasteiger partial charge in [0.2, 0.25) is 0 Å². The molecule has 0 unspecified atom stereocenters. The molecule has 0 heterocycles. The van der Waals surface area contributed by atoms with Gasteiger partial charge in [-0.15, -0.1) is 0 Å². The Morgan fingerprint density at radius 1 is 0.893 bits per heavy atom. The lowest BCUT2D eigenvalue weighted by Crippen LogP contribution is -2.27. The summed E-state index contributed by atoms with van der Waals surface area (Å²) in [7, 11) is 0. The second kappa shape index (κ2) is 8.90. The Labute approximate surface area is 171 Å². The van der Waals surface area contributed by atoms with Gasteiger partial charge in [-0.25, -0.2) is 0 Å². The Balaban J connectivity index is 1.62. The molecule has 0 bridgehead atoms. The number of hydrogen-bond donors (Lipinski definition) is 0. The number of carbonyl (C=O) groups is 1. The Morgan fingerprint density at radius 2 is 1.46 bits per heavy atom. The fourth-order valence-corrected chi connectivity index (χ4v) is 2.97. The molecule has 0 aliphatic rings. The minimum Gasteiger partial charge on any atom is -0.488 e. The van der Waals surface area contributed by atoms with Crippen LogP contribution in [0.4, 0.5) is 0 Å². The molecule has 3 heteroatoms. The number of benzene rings is 3. The van der Waals surface area contributed by atoms with Crippen LogP contribution in [0.15, 0.2) is 84.9 Å². The van der Waals surface area contributed by atoms with Gasteiger partial charge in [-0.2, -0.15) is 0 Å². The second-order valence-electron chi connectivity index (χ2n) is 7.24. The van der Waals surface area contributed by atoms with Crippen molar-refractivity contribution in [2.45, 2.75) is 25.9 Å². The summed E-state index contributed by atoms with van der Waals surface area (Å²) in [5, 5.41) is 0.615. The molecule has 0 aromatic heterocycles. The van der Waals surface area contributed by atoms with Crippen LogP contribution < -0.4 is 4.74 Å². The normalized spacial score (nSPS) is 11.5. The van der Waals surface area contributed by atoms with E-state index in [0.29, 0.717) is 16.1 Å². The molecule has 3 aromatic rings. The molecule has 2 nitrogen and oxygen atoms in total. The van der Waals surface area contributed by atoms with Gasteiger partial charge in [0.25, 0.3) is 0 Å². The van der Waals surface area contributed by atoms with Crippen molar-refractivity contribution in [3.05, 3.63) is 107 Å². The van der Waals surface area contributed by atoms with Gasteiger partial charge in [0, 0.05) is 22.6 Å². The molecule has 0 saturated heterocycles. The van der Waals surface area contributed by atoms with Crippen LogP contribution in [-0.4, -0.2) is 11.4 Å². The molecular formula is C25H23ClO2. The first kappa shape index (κ1) is 19.9. The summed E-state index contributed by atoms with van der Waals surface area (Å²) < 4.78 is 6.12. The standard InChI is InChI=1S/C25H23ClO2/c1-25(2,18-6-9-19-7-4-3-5-8-19)28-23-16-12-21(13-17-23)24(27)20-10-14-22(26)15-11-20/h3-17H,18H2,1-2H3/b9-6-. The molecule has 142 valence electrons. The van der Waals surface area contributed by atoms with Crippen LogP contribution in [0, 0.1) is 0 Å². The van der Waals surface area contributed by atoms with Crippen molar-refractivity contribution >= 4 is 23.5 Å². The second-order valence-corrected chi connectivity index (χ2v) is 7.68. The Hall–Kier alpha value is -2.84. The zero-order valence-electron chi connectivity index (χ0n) is 16.1. The average Bonchev–Trinajstić information content (AvgIpc) is 2.69. The van der Waals surface area contributed by atoms with E-state index in [9.17, 15) is 4.79 Å². The lowest BCUT2D eigenvalue weighted by atomic mass is 10.0. The molecule has 0 atom stereocenters. The van der Waals surface area contributed by atoms with Crippen molar-refractivity contribution in [1.82, 2.24) is 0 Å². The van der Waals surface area contributed by atoms with Gasteiger partial charge in [-0.3, -0.25) is 4.79 Å². The maximum absolute atomic E-state index is 12.5. The molecule has 0 fully saturated rings. The summed E-state index contributed by atoms with van der Waals surface area (Å²) in [6, 6.07) is 24.4. The van der Waals surface area contributed by atoms with Gasteiger partial charge < -0.3 is 4.74 Å². The molecule has 0 spiro atoms. The van der Waals surface area contributed by atoms with Crippen molar-refractivity contribution in [2.75, 3.05) is 0 Å². The zero-order valence-corrected chi connectivity index (χ0v) is 16.8. The van der Waals surface area contributed by atoms with Gasteiger partial charge in [0.15, 0.2) is 5.78 Å². The van der Waals surface area contributed by atoms with E-state index in [1.807, 2.05) is 30.3 Å². The monoisotopic (exact) mass is 390 g/mol. The molecule has 0 saturated carbocycles. The first-order valence-electron chi connectivity index (χ1n) is 9.24. The third kappa shape index (κ3) is 5.58. The highest BCUT2D eigenvalue weighted by molar-refractivity contribution is 6.30. The molecule has 28 heavy (non-hydrogen) atoms. The Morgan fingerprint density at radius 3 is 2.07 bits per heavy atom. The first-order chi connectivity index (χ1) is 13.4. The van der Waals surface area contributed by atoms with Crippen LogP contribution >= 0.6 is 11.6 Å². The van der Waals surface area contributed by atoms with E-state index in [0.717, 1.165) is 12.2 Å². The predicted octanol–water partition coefficient (Wildman–Crippen LogP) is 6.83. The van der Waals surface area contributed by atoms with Gasteiger partial charge >= 0.3 is 0 Å². The van der Waals surface area contributed by atoms with Gasteiger partial charge in [-0.05, 0) is 67.9 Å². The maximum atomic E-state index is 12.5. The fourth-order valence-electron chi connectivity index (χ4n) is 2.85. The van der Waals surface area contributed by atoms with E-state index >= 15 is 0 Å². The summed E-state index contributed by atoms with van der Waals surface area (Å²) in [4.78, 5) is 12.5. The van der Waals surface area contributed by atoms with Crippen LogP contribution in [0.25, 0.3) is 6.08 Å². The van der Waals surface area contributed by atoms with Gasteiger partial charge in [0.05, 0.1) is 0 Å². The molecular weight excluding hydrogens is 368 g/mol. The van der Waals surface area contributed by atoms with E-state index in [4.69, 9.17) is 16.3 Å². The largest absolute Gasteiger partial charge is 0.488 e. The van der Waals surface area contributed by atoms with Crippen LogP contribution in [-0.2, 0) is 0 Å². The topological polar surface area (TPSA) is 26.3 Å². The summed E-state index contributed by atoms with van der Waals surface area (Å²) in [5.74, 6) is 0.707. The Bertz CT molecular complexity index is 940. The minimum atomic E-state index is -0.354. The number of hydrogen-bond acceptors (Lipinski definition) is 2. The molecule has 0 radical (unpaired) electrons. The third-order valence-electron chi connectivity index (χ3n) is 4.34. The van der Waals surface area contributed by atoms with E-state index in [1.165, 1.54) is 5.56 Å². The van der Waals surface area contributed by atoms with Crippen molar-refractivity contribution in [3.8, 4) is 5.75 Å². The number of carbonyl (C=O) groups excluding carboxylic acids is 1. The highest BCUT2D eigenvalue weighted by Gasteiger charge is 2.18. The van der Waals surface area contributed by atoms with Crippen molar-refractivity contribution in [2.24, 2.45) is 0 Å². The predicted molar refractivity (Wildman–Crippen MR) is 116 cm³/mol. The van der Waals surface area contributed by atoms with Gasteiger partial charge in [0.1, 0.15) is 11.4 Å². The van der Waals surface area contributed by atoms with Gasteiger partial charge in [-0.1, -0.05) is 54.1 Å². The van der Waals surface area contributed by atoms with E-state index in [2.05, 4.69) is 38.1 Å². The van der Waals surface area contributed by atoms with Crippen molar-refractivity contribution < 1.29 is 9.53 Å². The molecule has 0 aliphatic carbocycles. The average molecular weight is 391 g/mol. The van der Waals surface area contributed by atoms with E-state index in [1.54, 1.807) is 36.4 Å². The minimum absolute atomic E-state index is 0.0340. The van der Waals surface area contributed by atoms with E-state index in [-0.39, 0.29) is 11.4 Å². The SMILES string of the molecule is CC(C)(C/C=C\c1ccccc1)Oc1ccc(C(=O)c2ccc(Cl)cc2)cc1. The zero-order chi connectivity index (χ0) is 20.0. The van der Waals surface area contributed by atoms with E-state index < -0.39 is 0 Å². The quantitative estimate of drug-likeness (QED) is 0.413. The highest BCUT2D eigenvalue weighted by atomic mass is 35.5. The smallest absolute Gasteiger partial charge is 0.193 e. The highest BCUT2D eigenvalue weighted by Crippen LogP contribution is 2.23. The number of halogens is 1. The lowest BCUT2D eigenvalue weighted by Gasteiger charge is -2.25.